The first kappa shape index (κ1) is 26.8. The first-order valence-corrected chi connectivity index (χ1v) is 12.4. The second kappa shape index (κ2) is 16.2. The Morgan fingerprint density at radius 3 is 1.58 bits per heavy atom. The van der Waals surface area contributed by atoms with Crippen molar-refractivity contribution < 1.29 is 19.3 Å². The molecular formula is C29H42O4. The minimum Gasteiger partial charge on any atom is -0.497 e. The van der Waals surface area contributed by atoms with Gasteiger partial charge < -0.3 is 19.3 Å². The minimum absolute atomic E-state index is 0.332. The predicted molar refractivity (Wildman–Crippen MR) is 138 cm³/mol. The van der Waals surface area contributed by atoms with Crippen molar-refractivity contribution >= 4 is 12.2 Å². The van der Waals surface area contributed by atoms with Crippen molar-refractivity contribution in [1.29, 1.82) is 0 Å². The van der Waals surface area contributed by atoms with E-state index in [0.717, 1.165) is 59.6 Å². The molecule has 0 fully saturated rings. The summed E-state index contributed by atoms with van der Waals surface area (Å²) >= 11 is 0. The van der Waals surface area contributed by atoms with Crippen molar-refractivity contribution in [1.82, 2.24) is 0 Å². The van der Waals surface area contributed by atoms with Crippen molar-refractivity contribution in [2.24, 2.45) is 0 Å². The highest BCUT2D eigenvalue weighted by atomic mass is 16.5. The van der Waals surface area contributed by atoms with Crippen LogP contribution in [-0.2, 0) is 6.42 Å². The van der Waals surface area contributed by atoms with Gasteiger partial charge in [0, 0.05) is 12.2 Å². The zero-order chi connectivity index (χ0) is 23.7. The molecule has 2 rings (SSSR count). The van der Waals surface area contributed by atoms with Gasteiger partial charge in [0.15, 0.2) is 0 Å². The van der Waals surface area contributed by atoms with Crippen LogP contribution in [0.15, 0.2) is 36.4 Å². The molecule has 0 bridgehead atoms. The molecule has 0 heterocycles. The third-order valence-electron chi connectivity index (χ3n) is 6.05. The maximum Gasteiger partial charge on any atom is 0.126 e. The summed E-state index contributed by atoms with van der Waals surface area (Å²) in [7, 11) is 5.14. The number of unbranched alkanes of at least 4 members (excludes halogenated alkanes) is 9. The van der Waals surface area contributed by atoms with Crippen molar-refractivity contribution in [2.75, 3.05) is 27.9 Å². The van der Waals surface area contributed by atoms with Crippen LogP contribution in [0.5, 0.6) is 17.2 Å². The van der Waals surface area contributed by atoms with Gasteiger partial charge in [0.05, 0.1) is 21.3 Å². The monoisotopic (exact) mass is 454 g/mol. The Bertz CT molecular complexity index is 786. The van der Waals surface area contributed by atoms with Crippen LogP contribution >= 0.6 is 0 Å². The van der Waals surface area contributed by atoms with Gasteiger partial charge in [-0.3, -0.25) is 0 Å². The van der Waals surface area contributed by atoms with E-state index in [1.54, 1.807) is 21.3 Å². The number of methoxy groups -OCH3 is 3. The fourth-order valence-electron chi connectivity index (χ4n) is 4.08. The van der Waals surface area contributed by atoms with Crippen LogP contribution < -0.4 is 14.2 Å². The summed E-state index contributed by atoms with van der Waals surface area (Å²) in [5.41, 5.74) is 3.33. The van der Waals surface area contributed by atoms with E-state index in [1.165, 1.54) is 44.9 Å². The van der Waals surface area contributed by atoms with E-state index < -0.39 is 0 Å². The lowest BCUT2D eigenvalue weighted by Gasteiger charge is -2.14. The van der Waals surface area contributed by atoms with Gasteiger partial charge in [-0.1, -0.05) is 75.7 Å². The average Bonchev–Trinajstić information content (AvgIpc) is 2.86. The summed E-state index contributed by atoms with van der Waals surface area (Å²) in [6.07, 6.45) is 17.4. The first-order valence-electron chi connectivity index (χ1n) is 12.4. The lowest BCUT2D eigenvalue weighted by atomic mass is 10.0. The zero-order valence-electron chi connectivity index (χ0n) is 20.8. The molecule has 0 aliphatic heterocycles. The van der Waals surface area contributed by atoms with E-state index >= 15 is 0 Å². The molecule has 0 saturated carbocycles. The van der Waals surface area contributed by atoms with Gasteiger partial charge in [-0.2, -0.15) is 0 Å². The van der Waals surface area contributed by atoms with Crippen molar-refractivity contribution in [3.8, 4) is 17.2 Å². The largest absolute Gasteiger partial charge is 0.497 e. The maximum atomic E-state index is 8.81. The average molecular weight is 455 g/mol. The summed E-state index contributed by atoms with van der Waals surface area (Å²) in [6.45, 7) is 0.332. The number of ether oxygens (including phenoxy) is 3. The molecule has 1 N–H and O–H groups in total. The molecule has 0 atom stereocenters. The summed E-state index contributed by atoms with van der Waals surface area (Å²) in [6, 6.07) is 12.2. The number of benzene rings is 2. The van der Waals surface area contributed by atoms with Gasteiger partial charge in [-0.25, -0.2) is 0 Å². The van der Waals surface area contributed by atoms with Crippen molar-refractivity contribution in [3.63, 3.8) is 0 Å². The Kier molecular flexibility index (Phi) is 13.2. The summed E-state index contributed by atoms with van der Waals surface area (Å²) in [5, 5.41) is 8.81. The van der Waals surface area contributed by atoms with E-state index in [2.05, 4.69) is 24.3 Å². The Balaban J connectivity index is 1.83. The molecule has 0 radical (unpaired) electrons. The topological polar surface area (TPSA) is 47.9 Å². The van der Waals surface area contributed by atoms with E-state index in [-0.39, 0.29) is 0 Å². The zero-order valence-corrected chi connectivity index (χ0v) is 20.8. The number of aliphatic hydroxyl groups excluding tert-OH is 1. The molecule has 0 aromatic heterocycles. The van der Waals surface area contributed by atoms with Gasteiger partial charge in [0.25, 0.3) is 0 Å². The molecule has 4 heteroatoms. The fourth-order valence-corrected chi connectivity index (χ4v) is 4.08. The van der Waals surface area contributed by atoms with Gasteiger partial charge >= 0.3 is 0 Å². The number of hydrogen-bond acceptors (Lipinski definition) is 4. The molecule has 4 nitrogen and oxygen atoms in total. The molecule has 182 valence electrons. The number of rotatable bonds is 17. The standard InChI is InChI=1S/C29H42O4/c1-31-26-19-17-24(18-20-26)15-16-25-22-28(32-2)27(29(23-25)33-3)14-12-10-8-6-4-5-7-9-11-13-21-30/h15-20,22-23,30H,4-14,21H2,1-3H3. The summed E-state index contributed by atoms with van der Waals surface area (Å²) in [5.74, 6) is 2.65. The lowest BCUT2D eigenvalue weighted by molar-refractivity contribution is 0.282. The molecule has 0 aliphatic rings. The SMILES string of the molecule is COc1ccc(C=Cc2cc(OC)c(CCCCCCCCCCCCO)c(OC)c2)cc1. The molecule has 0 unspecified atom stereocenters. The van der Waals surface area contributed by atoms with Gasteiger partial charge in [-0.05, 0) is 54.7 Å². The molecule has 0 spiro atoms. The van der Waals surface area contributed by atoms with E-state index in [4.69, 9.17) is 19.3 Å². The van der Waals surface area contributed by atoms with E-state index in [0.29, 0.717) is 6.61 Å². The Morgan fingerprint density at radius 2 is 1.09 bits per heavy atom. The second-order valence-corrected chi connectivity index (χ2v) is 8.52. The highest BCUT2D eigenvalue weighted by molar-refractivity contribution is 5.72. The third-order valence-corrected chi connectivity index (χ3v) is 6.05. The molecule has 0 amide bonds. The molecule has 2 aromatic rings. The van der Waals surface area contributed by atoms with E-state index in [1.807, 2.05) is 24.3 Å². The smallest absolute Gasteiger partial charge is 0.126 e. The first-order chi connectivity index (χ1) is 16.2. The Labute approximate surface area is 200 Å². The minimum atomic E-state index is 0.332. The predicted octanol–water partition coefficient (Wildman–Crippen LogP) is 7.32. The normalized spacial score (nSPS) is 11.2. The molecule has 33 heavy (non-hydrogen) atoms. The van der Waals surface area contributed by atoms with Crippen molar-refractivity contribution in [3.05, 3.63) is 53.1 Å². The highest BCUT2D eigenvalue weighted by Gasteiger charge is 2.11. The Hall–Kier alpha value is -2.46. The van der Waals surface area contributed by atoms with E-state index in [9.17, 15) is 0 Å². The van der Waals surface area contributed by atoms with Crippen molar-refractivity contribution in [2.45, 2.75) is 70.6 Å². The van der Waals surface area contributed by atoms with Crippen LogP contribution in [0.25, 0.3) is 12.2 Å². The third kappa shape index (κ3) is 9.91. The van der Waals surface area contributed by atoms with Gasteiger partial charge in [0.2, 0.25) is 0 Å². The number of hydrogen-bond donors (Lipinski definition) is 1. The van der Waals surface area contributed by atoms with Gasteiger partial charge in [0.1, 0.15) is 17.2 Å². The number of aliphatic hydroxyl groups is 1. The Morgan fingerprint density at radius 1 is 0.606 bits per heavy atom. The molecular weight excluding hydrogens is 412 g/mol. The van der Waals surface area contributed by atoms with Crippen LogP contribution in [0.2, 0.25) is 0 Å². The van der Waals surface area contributed by atoms with Gasteiger partial charge in [-0.15, -0.1) is 0 Å². The molecule has 0 saturated heterocycles. The fraction of sp³-hybridized carbons (Fsp3) is 0.517. The summed E-state index contributed by atoms with van der Waals surface area (Å²) in [4.78, 5) is 0. The van der Waals surface area contributed by atoms with Crippen LogP contribution in [0.3, 0.4) is 0 Å². The van der Waals surface area contributed by atoms with Crippen LogP contribution in [0, 0.1) is 0 Å². The van der Waals surface area contributed by atoms with Crippen LogP contribution in [-0.4, -0.2) is 33.0 Å². The summed E-state index contributed by atoms with van der Waals surface area (Å²) < 4.78 is 16.7. The molecule has 2 aromatic carbocycles. The quantitative estimate of drug-likeness (QED) is 0.201. The second-order valence-electron chi connectivity index (χ2n) is 8.52. The van der Waals surface area contributed by atoms with Crippen LogP contribution in [0.1, 0.15) is 80.9 Å². The highest BCUT2D eigenvalue weighted by Crippen LogP contribution is 2.33. The maximum absolute atomic E-state index is 8.81. The lowest BCUT2D eigenvalue weighted by Crippen LogP contribution is -1.98. The van der Waals surface area contributed by atoms with Crippen LogP contribution in [0.4, 0.5) is 0 Å². The molecule has 0 aliphatic carbocycles.